The van der Waals surface area contributed by atoms with Crippen LogP contribution in [0.25, 0.3) is 0 Å². The SMILES string of the molecule is CCN(CC)CCC(c1ccc(Cl)c(Cl)c1)N1CCCC1. The van der Waals surface area contributed by atoms with Gasteiger partial charge in [-0.3, -0.25) is 4.90 Å². The molecule has 0 bridgehead atoms. The summed E-state index contributed by atoms with van der Waals surface area (Å²) in [6.07, 6.45) is 3.77. The third kappa shape index (κ3) is 4.59. The van der Waals surface area contributed by atoms with Crippen LogP contribution >= 0.6 is 23.2 Å². The average Bonchev–Trinajstić information content (AvgIpc) is 3.01. The number of likely N-dealkylation sites (tertiary alicyclic amines) is 1. The van der Waals surface area contributed by atoms with E-state index in [1.54, 1.807) is 0 Å². The van der Waals surface area contributed by atoms with Gasteiger partial charge in [0.25, 0.3) is 0 Å². The molecule has 0 saturated carbocycles. The maximum atomic E-state index is 6.22. The molecule has 2 nitrogen and oxygen atoms in total. The second kappa shape index (κ2) is 8.38. The molecule has 0 radical (unpaired) electrons. The first kappa shape index (κ1) is 17.1. The molecule has 1 aromatic carbocycles. The first-order chi connectivity index (χ1) is 10.2. The van der Waals surface area contributed by atoms with Gasteiger partial charge in [0, 0.05) is 6.04 Å². The summed E-state index contributed by atoms with van der Waals surface area (Å²) in [4.78, 5) is 5.09. The van der Waals surface area contributed by atoms with Crippen LogP contribution in [0.3, 0.4) is 0 Å². The molecule has 0 spiro atoms. The van der Waals surface area contributed by atoms with E-state index in [1.165, 1.54) is 31.5 Å². The average molecular weight is 329 g/mol. The van der Waals surface area contributed by atoms with Crippen molar-refractivity contribution in [2.45, 2.75) is 39.2 Å². The monoisotopic (exact) mass is 328 g/mol. The molecule has 1 heterocycles. The van der Waals surface area contributed by atoms with Crippen molar-refractivity contribution in [2.75, 3.05) is 32.7 Å². The fourth-order valence-electron chi connectivity index (χ4n) is 3.18. The van der Waals surface area contributed by atoms with Gasteiger partial charge in [-0.25, -0.2) is 0 Å². The van der Waals surface area contributed by atoms with E-state index in [0.29, 0.717) is 16.1 Å². The van der Waals surface area contributed by atoms with Crippen LogP contribution in [-0.2, 0) is 0 Å². The Balaban J connectivity index is 2.12. The summed E-state index contributed by atoms with van der Waals surface area (Å²) in [6.45, 7) is 10.2. The Morgan fingerprint density at radius 2 is 1.76 bits per heavy atom. The van der Waals surface area contributed by atoms with Gasteiger partial charge < -0.3 is 4.90 Å². The van der Waals surface area contributed by atoms with Crippen molar-refractivity contribution in [2.24, 2.45) is 0 Å². The Morgan fingerprint density at radius 1 is 1.10 bits per heavy atom. The van der Waals surface area contributed by atoms with Crippen LogP contribution < -0.4 is 0 Å². The maximum Gasteiger partial charge on any atom is 0.0595 e. The standard InChI is InChI=1S/C17H26Cl2N2/c1-3-20(4-2)12-9-17(21-10-5-6-11-21)14-7-8-15(18)16(19)13-14/h7-8,13,17H,3-6,9-12H2,1-2H3. The lowest BCUT2D eigenvalue weighted by atomic mass is 10.0. The Bertz CT molecular complexity index is 440. The lowest BCUT2D eigenvalue weighted by Gasteiger charge is -2.30. The predicted octanol–water partition coefficient (Wildman–Crippen LogP) is 4.86. The van der Waals surface area contributed by atoms with Crippen molar-refractivity contribution >= 4 is 23.2 Å². The zero-order valence-electron chi connectivity index (χ0n) is 13.1. The molecular weight excluding hydrogens is 303 g/mol. The second-order valence-corrected chi connectivity index (χ2v) is 6.56. The van der Waals surface area contributed by atoms with Crippen molar-refractivity contribution in [1.29, 1.82) is 0 Å². The molecular formula is C17H26Cl2N2. The van der Waals surface area contributed by atoms with Crippen molar-refractivity contribution in [3.8, 4) is 0 Å². The van der Waals surface area contributed by atoms with Gasteiger partial charge in [0.2, 0.25) is 0 Å². The van der Waals surface area contributed by atoms with E-state index in [4.69, 9.17) is 23.2 Å². The predicted molar refractivity (Wildman–Crippen MR) is 92.4 cm³/mol. The molecule has 2 rings (SSSR count). The Kier molecular flexibility index (Phi) is 6.81. The minimum absolute atomic E-state index is 0.461. The minimum Gasteiger partial charge on any atom is -0.304 e. The van der Waals surface area contributed by atoms with Gasteiger partial charge in [0.05, 0.1) is 10.0 Å². The van der Waals surface area contributed by atoms with Crippen LogP contribution in [0.1, 0.15) is 44.7 Å². The first-order valence-electron chi connectivity index (χ1n) is 8.07. The molecule has 1 aliphatic heterocycles. The summed E-state index contributed by atoms with van der Waals surface area (Å²) in [7, 11) is 0. The molecule has 0 aromatic heterocycles. The van der Waals surface area contributed by atoms with Gasteiger partial charge in [-0.1, -0.05) is 43.1 Å². The third-order valence-corrected chi connectivity index (χ3v) is 5.26. The van der Waals surface area contributed by atoms with Gasteiger partial charge in [-0.15, -0.1) is 0 Å². The smallest absolute Gasteiger partial charge is 0.0595 e. The number of benzene rings is 1. The largest absolute Gasteiger partial charge is 0.304 e. The van der Waals surface area contributed by atoms with Gasteiger partial charge in [-0.2, -0.15) is 0 Å². The van der Waals surface area contributed by atoms with Crippen LogP contribution in [0, 0.1) is 0 Å². The number of halogens is 2. The molecule has 21 heavy (non-hydrogen) atoms. The van der Waals surface area contributed by atoms with Crippen molar-refractivity contribution in [3.05, 3.63) is 33.8 Å². The van der Waals surface area contributed by atoms with Gasteiger partial charge in [0.1, 0.15) is 0 Å². The maximum absolute atomic E-state index is 6.22. The summed E-state index contributed by atoms with van der Waals surface area (Å²) in [5.74, 6) is 0. The number of hydrogen-bond donors (Lipinski definition) is 0. The van der Waals surface area contributed by atoms with E-state index in [0.717, 1.165) is 26.1 Å². The number of nitrogens with zero attached hydrogens (tertiary/aromatic N) is 2. The van der Waals surface area contributed by atoms with Crippen LogP contribution in [0.5, 0.6) is 0 Å². The molecule has 1 saturated heterocycles. The van der Waals surface area contributed by atoms with E-state index in [9.17, 15) is 0 Å². The molecule has 1 fully saturated rings. The topological polar surface area (TPSA) is 6.48 Å². The van der Waals surface area contributed by atoms with Crippen LogP contribution in [0.2, 0.25) is 10.0 Å². The molecule has 118 valence electrons. The molecule has 1 atom stereocenters. The quantitative estimate of drug-likeness (QED) is 0.705. The van der Waals surface area contributed by atoms with E-state index in [1.807, 2.05) is 6.07 Å². The highest BCUT2D eigenvalue weighted by Gasteiger charge is 2.24. The third-order valence-electron chi connectivity index (χ3n) is 4.52. The van der Waals surface area contributed by atoms with Gasteiger partial charge in [0.15, 0.2) is 0 Å². The summed E-state index contributed by atoms with van der Waals surface area (Å²) in [5.41, 5.74) is 1.30. The second-order valence-electron chi connectivity index (χ2n) is 5.75. The molecule has 0 aliphatic carbocycles. The zero-order chi connectivity index (χ0) is 15.2. The van der Waals surface area contributed by atoms with Crippen LogP contribution in [0.4, 0.5) is 0 Å². The fourth-order valence-corrected chi connectivity index (χ4v) is 3.48. The Labute approximate surface area is 139 Å². The highest BCUT2D eigenvalue weighted by Crippen LogP contribution is 2.32. The lowest BCUT2D eigenvalue weighted by Crippen LogP contribution is -2.31. The molecule has 4 heteroatoms. The molecule has 1 unspecified atom stereocenters. The highest BCUT2D eigenvalue weighted by molar-refractivity contribution is 6.42. The Hall–Kier alpha value is -0.280. The first-order valence-corrected chi connectivity index (χ1v) is 8.82. The zero-order valence-corrected chi connectivity index (χ0v) is 14.6. The molecule has 1 aliphatic rings. The van der Waals surface area contributed by atoms with Crippen molar-refractivity contribution < 1.29 is 0 Å². The molecule has 0 amide bonds. The summed E-state index contributed by atoms with van der Waals surface area (Å²) in [5, 5.41) is 1.31. The van der Waals surface area contributed by atoms with Gasteiger partial charge in [-0.05, 0) is 69.7 Å². The van der Waals surface area contributed by atoms with Gasteiger partial charge >= 0.3 is 0 Å². The summed E-state index contributed by atoms with van der Waals surface area (Å²) >= 11 is 12.3. The van der Waals surface area contributed by atoms with Crippen LogP contribution in [-0.4, -0.2) is 42.5 Å². The lowest BCUT2D eigenvalue weighted by molar-refractivity contribution is 0.199. The van der Waals surface area contributed by atoms with E-state index in [-0.39, 0.29) is 0 Å². The number of rotatable bonds is 7. The summed E-state index contributed by atoms with van der Waals surface area (Å²) < 4.78 is 0. The molecule has 1 aromatic rings. The summed E-state index contributed by atoms with van der Waals surface area (Å²) in [6, 6.07) is 6.58. The highest BCUT2D eigenvalue weighted by atomic mass is 35.5. The minimum atomic E-state index is 0.461. The van der Waals surface area contributed by atoms with E-state index < -0.39 is 0 Å². The molecule has 0 N–H and O–H groups in total. The van der Waals surface area contributed by atoms with E-state index in [2.05, 4.69) is 35.8 Å². The van der Waals surface area contributed by atoms with E-state index >= 15 is 0 Å². The van der Waals surface area contributed by atoms with Crippen molar-refractivity contribution in [1.82, 2.24) is 9.80 Å². The van der Waals surface area contributed by atoms with Crippen LogP contribution in [0.15, 0.2) is 18.2 Å². The Morgan fingerprint density at radius 3 is 2.33 bits per heavy atom. The van der Waals surface area contributed by atoms with Crippen molar-refractivity contribution in [3.63, 3.8) is 0 Å². The normalized spacial score (nSPS) is 17.6. The number of hydrogen-bond acceptors (Lipinski definition) is 2. The fraction of sp³-hybridized carbons (Fsp3) is 0.647.